The Hall–Kier alpha value is -5.00. The first-order chi connectivity index (χ1) is 16.9. The number of esters is 1. The number of hydrogen-bond acceptors (Lipinski definition) is 11. The number of aliphatic imine (C=N–C) groups is 1. The fourth-order valence-corrected chi connectivity index (χ4v) is 3.63. The number of nitrogen functional groups attached to an aromatic ring is 2. The summed E-state index contributed by atoms with van der Waals surface area (Å²) in [6.07, 6.45) is 1.79. The fourth-order valence-electron chi connectivity index (χ4n) is 3.51. The zero-order valence-corrected chi connectivity index (χ0v) is 18.9. The van der Waals surface area contributed by atoms with Gasteiger partial charge in [-0.2, -0.15) is 10.5 Å². The molecule has 11 nitrogen and oxygen atoms in total. The lowest BCUT2D eigenvalue weighted by Gasteiger charge is -2.26. The highest BCUT2D eigenvalue weighted by atomic mass is 35.5. The van der Waals surface area contributed by atoms with Gasteiger partial charge in [0.1, 0.15) is 29.3 Å². The highest BCUT2D eigenvalue weighted by Crippen LogP contribution is 2.42. The SMILES string of the molecule is COc1cc(C2N=C(NC#N)Nc3nc(N)c(C#N)c(N)c32)ccc1OC(=O)c1ccc(Cl)cc1. The molecule has 0 fully saturated rings. The van der Waals surface area contributed by atoms with Crippen LogP contribution in [-0.2, 0) is 0 Å². The molecule has 3 aromatic rings. The summed E-state index contributed by atoms with van der Waals surface area (Å²) in [7, 11) is 1.42. The van der Waals surface area contributed by atoms with Crippen LogP contribution in [0.3, 0.4) is 0 Å². The number of methoxy groups -OCH3 is 1. The Labute approximate surface area is 204 Å². The van der Waals surface area contributed by atoms with Crippen LogP contribution in [0.1, 0.15) is 33.1 Å². The molecule has 0 aliphatic carbocycles. The molecule has 0 saturated carbocycles. The lowest BCUT2D eigenvalue weighted by atomic mass is 9.95. The van der Waals surface area contributed by atoms with E-state index in [-0.39, 0.29) is 40.3 Å². The quantitative estimate of drug-likeness (QED) is 0.184. The summed E-state index contributed by atoms with van der Waals surface area (Å²) in [6, 6.07) is 12.2. The van der Waals surface area contributed by atoms with Gasteiger partial charge in [0, 0.05) is 10.6 Å². The van der Waals surface area contributed by atoms with E-state index in [9.17, 15) is 10.1 Å². The van der Waals surface area contributed by atoms with Crippen molar-refractivity contribution >= 4 is 40.9 Å². The fraction of sp³-hybridized carbons (Fsp3) is 0.0870. The van der Waals surface area contributed by atoms with E-state index >= 15 is 0 Å². The summed E-state index contributed by atoms with van der Waals surface area (Å²) < 4.78 is 10.9. The molecule has 0 bridgehead atoms. The highest BCUT2D eigenvalue weighted by molar-refractivity contribution is 6.30. The minimum Gasteiger partial charge on any atom is -0.493 e. The van der Waals surface area contributed by atoms with Crippen LogP contribution in [-0.4, -0.2) is 24.0 Å². The number of halogens is 1. The number of carbonyl (C=O) groups excluding carboxylic acids is 1. The summed E-state index contributed by atoms with van der Waals surface area (Å²) in [5.41, 5.74) is 13.5. The monoisotopic (exact) mass is 488 g/mol. The second-order valence-corrected chi connectivity index (χ2v) is 7.64. The molecule has 6 N–H and O–H groups in total. The Bertz CT molecular complexity index is 1440. The molecule has 0 spiro atoms. The van der Waals surface area contributed by atoms with E-state index < -0.39 is 12.0 Å². The Morgan fingerprint density at radius 2 is 1.91 bits per heavy atom. The minimum atomic E-state index is -0.780. The normalized spacial score (nSPS) is 13.8. The molecular weight excluding hydrogens is 472 g/mol. The summed E-state index contributed by atoms with van der Waals surface area (Å²) in [5.74, 6) is 0.117. The molecule has 12 heteroatoms. The maximum Gasteiger partial charge on any atom is 0.343 e. The van der Waals surface area contributed by atoms with Crippen LogP contribution in [0.25, 0.3) is 0 Å². The highest BCUT2D eigenvalue weighted by Gasteiger charge is 2.30. The Morgan fingerprint density at radius 1 is 1.17 bits per heavy atom. The predicted molar refractivity (Wildman–Crippen MR) is 129 cm³/mol. The Balaban J connectivity index is 1.75. The van der Waals surface area contributed by atoms with Crippen molar-refractivity contribution in [1.29, 1.82) is 10.5 Å². The summed E-state index contributed by atoms with van der Waals surface area (Å²) >= 11 is 5.87. The first-order valence-corrected chi connectivity index (χ1v) is 10.4. The van der Waals surface area contributed by atoms with Crippen LogP contribution in [0.4, 0.5) is 17.3 Å². The summed E-state index contributed by atoms with van der Waals surface area (Å²) in [5, 5.41) is 24.3. The van der Waals surface area contributed by atoms with Crippen LogP contribution < -0.4 is 31.6 Å². The van der Waals surface area contributed by atoms with Gasteiger partial charge in [-0.15, -0.1) is 0 Å². The average molecular weight is 489 g/mol. The first kappa shape index (κ1) is 23.2. The van der Waals surface area contributed by atoms with E-state index in [2.05, 4.69) is 20.6 Å². The number of nitrogens with two attached hydrogens (primary N) is 2. The number of rotatable bonds is 4. The van der Waals surface area contributed by atoms with Crippen molar-refractivity contribution in [2.24, 2.45) is 4.99 Å². The smallest absolute Gasteiger partial charge is 0.343 e. The van der Waals surface area contributed by atoms with Crippen molar-refractivity contribution in [1.82, 2.24) is 10.3 Å². The molecular formula is C23H17ClN8O3. The van der Waals surface area contributed by atoms with Crippen molar-refractivity contribution in [3.05, 3.63) is 69.7 Å². The zero-order chi connectivity index (χ0) is 25.1. The molecule has 0 saturated heterocycles. The van der Waals surface area contributed by atoms with Crippen molar-refractivity contribution in [3.8, 4) is 23.8 Å². The van der Waals surface area contributed by atoms with Crippen LogP contribution in [0.15, 0.2) is 47.5 Å². The molecule has 1 aromatic heterocycles. The van der Waals surface area contributed by atoms with Gasteiger partial charge >= 0.3 is 5.97 Å². The number of fused-ring (bicyclic) bond motifs is 1. The lowest BCUT2D eigenvalue weighted by Crippen LogP contribution is -2.32. The van der Waals surface area contributed by atoms with Crippen molar-refractivity contribution in [2.75, 3.05) is 23.9 Å². The van der Waals surface area contributed by atoms with E-state index in [0.29, 0.717) is 21.7 Å². The number of aromatic nitrogens is 1. The second-order valence-electron chi connectivity index (χ2n) is 7.21. The number of nitriles is 2. The molecule has 0 radical (unpaired) electrons. The van der Waals surface area contributed by atoms with E-state index in [1.807, 2.05) is 6.07 Å². The number of hydrogen-bond donors (Lipinski definition) is 4. The maximum atomic E-state index is 12.5. The summed E-state index contributed by atoms with van der Waals surface area (Å²) in [4.78, 5) is 21.3. The maximum absolute atomic E-state index is 12.5. The number of ether oxygens (including phenoxy) is 2. The van der Waals surface area contributed by atoms with Crippen LogP contribution in [0.5, 0.6) is 11.5 Å². The van der Waals surface area contributed by atoms with E-state index in [0.717, 1.165) is 0 Å². The molecule has 4 rings (SSSR count). The number of carbonyl (C=O) groups is 1. The number of nitrogens with one attached hydrogen (secondary N) is 2. The number of nitrogens with zero attached hydrogens (tertiary/aromatic N) is 4. The third kappa shape index (κ3) is 4.44. The van der Waals surface area contributed by atoms with Crippen LogP contribution in [0.2, 0.25) is 5.02 Å². The van der Waals surface area contributed by atoms with E-state index in [1.54, 1.807) is 48.7 Å². The van der Waals surface area contributed by atoms with E-state index in [4.69, 9.17) is 37.8 Å². The lowest BCUT2D eigenvalue weighted by molar-refractivity contribution is 0.0729. The molecule has 2 heterocycles. The number of anilines is 3. The predicted octanol–water partition coefficient (Wildman–Crippen LogP) is 2.94. The van der Waals surface area contributed by atoms with Crippen molar-refractivity contribution in [3.63, 3.8) is 0 Å². The van der Waals surface area contributed by atoms with Crippen molar-refractivity contribution in [2.45, 2.75) is 6.04 Å². The van der Waals surface area contributed by atoms with Gasteiger partial charge in [-0.1, -0.05) is 17.7 Å². The molecule has 35 heavy (non-hydrogen) atoms. The molecule has 174 valence electrons. The largest absolute Gasteiger partial charge is 0.493 e. The first-order valence-electron chi connectivity index (χ1n) is 10.0. The van der Waals surface area contributed by atoms with Gasteiger partial charge in [-0.25, -0.2) is 14.8 Å². The summed E-state index contributed by atoms with van der Waals surface area (Å²) in [6.45, 7) is 0. The van der Waals surface area contributed by atoms with Crippen LogP contribution in [0, 0.1) is 22.8 Å². The van der Waals surface area contributed by atoms with Gasteiger partial charge in [0.25, 0.3) is 0 Å². The van der Waals surface area contributed by atoms with Crippen LogP contribution >= 0.6 is 11.6 Å². The van der Waals surface area contributed by atoms with Gasteiger partial charge in [-0.3, -0.25) is 5.32 Å². The number of benzene rings is 2. The van der Waals surface area contributed by atoms with Gasteiger partial charge < -0.3 is 26.3 Å². The standard InChI is InChI=1S/C23H17ClN8O3/c1-34-16-8-12(4-7-15(16)35-22(33)11-2-5-13(24)6-3-11)19-17-18(27)14(9-25)20(28)31-21(17)32-23(30-19)29-10-26/h2-8,19H,1H3,(H6,27,28,29,30,31,32). The molecule has 1 aliphatic heterocycles. The average Bonchev–Trinajstić information content (AvgIpc) is 2.84. The van der Waals surface area contributed by atoms with Gasteiger partial charge in [0.2, 0.25) is 5.96 Å². The van der Waals surface area contributed by atoms with Gasteiger partial charge in [0.05, 0.1) is 18.4 Å². The molecule has 1 aliphatic rings. The number of pyridine rings is 1. The Kier molecular flexibility index (Phi) is 6.27. The van der Waals surface area contributed by atoms with Gasteiger partial charge in [0.15, 0.2) is 17.7 Å². The third-order valence-corrected chi connectivity index (χ3v) is 5.40. The third-order valence-electron chi connectivity index (χ3n) is 5.14. The zero-order valence-electron chi connectivity index (χ0n) is 18.2. The minimum absolute atomic E-state index is 0.0166. The van der Waals surface area contributed by atoms with E-state index in [1.165, 1.54) is 7.11 Å². The molecule has 2 aromatic carbocycles. The molecule has 1 atom stereocenters. The molecule has 1 unspecified atom stereocenters. The number of guanidine groups is 1. The Morgan fingerprint density at radius 3 is 2.57 bits per heavy atom. The topological polar surface area (TPSA) is 184 Å². The van der Waals surface area contributed by atoms with Crippen molar-refractivity contribution < 1.29 is 14.3 Å². The second kappa shape index (κ2) is 9.47. The molecule has 0 amide bonds. The van der Waals surface area contributed by atoms with Gasteiger partial charge in [-0.05, 0) is 42.0 Å².